The van der Waals surface area contributed by atoms with Crippen molar-refractivity contribution in [3.8, 4) is 5.75 Å². The Kier molecular flexibility index (Phi) is 2.88. The van der Waals surface area contributed by atoms with E-state index in [0.29, 0.717) is 5.31 Å². The molecule has 2 aliphatic heterocycles. The third-order valence-electron chi connectivity index (χ3n) is 4.33. The Balaban J connectivity index is 1.83. The Morgan fingerprint density at radius 3 is 2.80 bits per heavy atom. The van der Waals surface area contributed by atoms with Crippen molar-refractivity contribution < 1.29 is 28.8 Å². The molecular formula is C16H19N3O5S. The lowest BCUT2D eigenvalue weighted by Gasteiger charge is -2.43. The van der Waals surface area contributed by atoms with Crippen LogP contribution in [-0.4, -0.2) is 56.5 Å². The number of thioether (sulfide) groups is 1. The quantitative estimate of drug-likeness (QED) is 0.519. The molecule has 2 amide bonds. The molecule has 1 aromatic carbocycles. The minimum Gasteiger partial charge on any atom is -0.508 e. The van der Waals surface area contributed by atoms with Crippen molar-refractivity contribution in [2.24, 2.45) is 5.72 Å². The summed E-state index contributed by atoms with van der Waals surface area (Å²) in [5.74, 6) is -2.32. The van der Waals surface area contributed by atoms with Crippen molar-refractivity contribution in [1.29, 1.82) is 2.86 Å². The molecule has 2 saturated heterocycles. The van der Waals surface area contributed by atoms with Crippen molar-refractivity contribution in [2.45, 2.75) is 42.1 Å². The van der Waals surface area contributed by atoms with Crippen molar-refractivity contribution in [2.75, 3.05) is 0 Å². The number of carbonyl (C=O) groups is 3. The lowest BCUT2D eigenvalue weighted by atomic mass is 9.95. The van der Waals surface area contributed by atoms with Gasteiger partial charge in [-0.05, 0) is 31.5 Å². The van der Waals surface area contributed by atoms with Gasteiger partial charge >= 0.3 is 5.97 Å². The smallest absolute Gasteiger partial charge is 0.327 e. The van der Waals surface area contributed by atoms with Crippen LogP contribution in [0.2, 0.25) is 4.24 Å². The molecule has 0 unspecified atom stereocenters. The van der Waals surface area contributed by atoms with E-state index >= 15 is 0 Å². The SMILES string of the molecule is [2H]OC(=O)[C@@H]1N2C(=O)[C@@H](N([2H])C(=O)[C@@H](c3ccc(O[2H])cc3)N([2H])[2H])[C@H]2SC1(C)C. The third-order valence-corrected chi connectivity index (χ3v) is 5.89. The number of carboxylic acid groups (broad SMARTS) is 1. The molecule has 0 saturated carbocycles. The zero-order valence-electron chi connectivity index (χ0n) is 18.4. The highest BCUT2D eigenvalue weighted by atomic mass is 32.2. The first-order valence-corrected chi connectivity index (χ1v) is 8.42. The van der Waals surface area contributed by atoms with Gasteiger partial charge in [0.1, 0.15) is 32.1 Å². The summed E-state index contributed by atoms with van der Waals surface area (Å²) >= 11 is 1.21. The first kappa shape index (κ1) is 12.2. The standard InChI is InChI=1S/C16H19N3O5S/c1-16(2)11(15(23)24)19-13(22)10(14(19)25-16)18-12(21)9(17)7-3-5-8(20)6-4-7/h3-6,9-11,14,20H,17H2,1-2H3,(H,18,21)(H,23,24)/t9-,10-,11+,14-/m1/s1/i/hD5. The highest BCUT2D eigenvalue weighted by molar-refractivity contribution is 8.01. The second kappa shape index (κ2) is 5.92. The maximum atomic E-state index is 12.9. The second-order valence-electron chi connectivity index (χ2n) is 6.46. The number of nitrogens with zero attached hydrogens (tertiary/aromatic N) is 1. The number of hydrogen-bond acceptors (Lipinski definition) is 7. The maximum Gasteiger partial charge on any atom is 0.327 e. The highest BCUT2D eigenvalue weighted by Crippen LogP contribution is 2.50. The van der Waals surface area contributed by atoms with Gasteiger partial charge in [0.05, 0.1) is 0 Å². The van der Waals surface area contributed by atoms with Crippen molar-refractivity contribution >= 4 is 29.5 Å². The van der Waals surface area contributed by atoms with Crippen LogP contribution in [0.15, 0.2) is 24.3 Å². The molecule has 0 bridgehead atoms. The number of β-lactam (4-membered cyclic amide) rings is 1. The van der Waals surface area contributed by atoms with Crippen LogP contribution in [0.5, 0.6) is 5.75 Å². The third kappa shape index (κ3) is 2.83. The summed E-state index contributed by atoms with van der Waals surface area (Å²) in [6.45, 7) is 3.40. The number of amides is 2. The number of fused-ring (bicyclic) bond motifs is 1. The van der Waals surface area contributed by atoms with Crippen molar-refractivity contribution in [3.63, 3.8) is 0 Å². The zero-order chi connectivity index (χ0) is 22.4. The van der Waals surface area contributed by atoms with E-state index < -0.39 is 46.0 Å². The molecule has 2 heterocycles. The summed E-state index contributed by atoms with van der Waals surface area (Å²) in [6, 6.07) is 1.82. The van der Waals surface area contributed by atoms with Gasteiger partial charge in [0.15, 0.2) is 1.41 Å². The van der Waals surface area contributed by atoms with Gasteiger partial charge in [-0.1, -0.05) is 12.1 Å². The minimum absolute atomic E-state index is 0.132. The fourth-order valence-corrected chi connectivity index (χ4v) is 4.70. The van der Waals surface area contributed by atoms with Gasteiger partial charge in [0.2, 0.25) is 11.8 Å². The van der Waals surface area contributed by atoms with E-state index in [1.165, 1.54) is 40.9 Å². The fourth-order valence-electron chi connectivity index (χ4n) is 3.09. The van der Waals surface area contributed by atoms with Crippen LogP contribution in [0, 0.1) is 0 Å². The zero-order valence-corrected chi connectivity index (χ0v) is 14.2. The van der Waals surface area contributed by atoms with E-state index in [9.17, 15) is 14.4 Å². The number of nitrogens with one attached hydrogen (secondary N) is 1. The number of nitrogens with two attached hydrogens (primary N) is 1. The second-order valence-corrected chi connectivity index (χ2v) is 8.23. The predicted molar refractivity (Wildman–Crippen MR) is 90.7 cm³/mol. The molecule has 0 aliphatic carbocycles. The van der Waals surface area contributed by atoms with E-state index in [1.54, 1.807) is 13.8 Å². The highest BCUT2D eigenvalue weighted by Gasteiger charge is 2.64. The first-order chi connectivity index (χ1) is 14.0. The van der Waals surface area contributed by atoms with Gasteiger partial charge in [-0.15, -0.1) is 11.8 Å². The molecular weight excluding hydrogens is 346 g/mol. The monoisotopic (exact) mass is 370 g/mol. The summed E-state index contributed by atoms with van der Waals surface area (Å²) in [7, 11) is 0. The van der Waals surface area contributed by atoms with E-state index in [0.717, 1.165) is 0 Å². The molecule has 0 spiro atoms. The molecule has 1 aromatic rings. The molecule has 0 aromatic heterocycles. The molecule has 25 heavy (non-hydrogen) atoms. The Bertz CT molecular complexity index is 858. The normalized spacial score (nSPS) is 30.7. The molecule has 9 heteroatoms. The molecule has 3 rings (SSSR count). The molecule has 8 nitrogen and oxygen atoms in total. The number of benzene rings is 1. The van der Waals surface area contributed by atoms with Gasteiger partial charge in [0, 0.05) is 4.75 Å². The maximum absolute atomic E-state index is 12.9. The van der Waals surface area contributed by atoms with E-state index in [-0.39, 0.29) is 17.0 Å². The topological polar surface area (TPSA) is 133 Å². The molecule has 2 aliphatic rings. The number of phenols is 1. The number of rotatable bonds is 6. The number of carboxylic acids is 1. The average Bonchev–Trinajstić information content (AvgIpc) is 2.94. The van der Waals surface area contributed by atoms with Gasteiger partial charge in [-0.3, -0.25) is 9.59 Å². The average molecular weight is 370 g/mol. The van der Waals surface area contributed by atoms with Gasteiger partial charge in [0.25, 0.3) is 2.86 Å². The molecule has 4 atom stereocenters. The van der Waals surface area contributed by atoms with Crippen molar-refractivity contribution in [3.05, 3.63) is 29.8 Å². The van der Waals surface area contributed by atoms with E-state index in [1.807, 2.05) is 0 Å². The largest absolute Gasteiger partial charge is 0.508 e. The summed E-state index contributed by atoms with van der Waals surface area (Å²) in [5.41, 5.74) is 0.342. The summed E-state index contributed by atoms with van der Waals surface area (Å²) < 4.78 is 36.4. The van der Waals surface area contributed by atoms with Gasteiger partial charge in [-0.2, -0.15) is 0 Å². The molecule has 5 N–H and O–H groups in total. The number of aliphatic carboxylic acids is 1. The fraction of sp³-hybridized carbons (Fsp3) is 0.438. The first-order valence-electron chi connectivity index (χ1n) is 9.70. The van der Waals surface area contributed by atoms with Crippen LogP contribution in [0.1, 0.15) is 25.5 Å². The Morgan fingerprint density at radius 2 is 2.20 bits per heavy atom. The van der Waals surface area contributed by atoms with Gasteiger partial charge < -0.3 is 26.1 Å². The summed E-state index contributed by atoms with van der Waals surface area (Å²) in [4.78, 5) is 38.8. The van der Waals surface area contributed by atoms with E-state index in [4.69, 9.17) is 7.10 Å². The van der Waals surface area contributed by atoms with Crippen molar-refractivity contribution in [1.82, 2.24) is 10.2 Å². The van der Waals surface area contributed by atoms with Crippen LogP contribution in [-0.2, 0) is 14.4 Å². The molecule has 2 fully saturated rings. The molecule has 0 radical (unpaired) electrons. The lowest BCUT2D eigenvalue weighted by molar-refractivity contribution is -0.161. The lowest BCUT2D eigenvalue weighted by Crippen LogP contribution is -2.71. The number of hydrogen-bond donors (Lipinski definition) is 4. The van der Waals surface area contributed by atoms with Crippen LogP contribution < -0.4 is 11.0 Å². The molecule has 134 valence electrons. The van der Waals surface area contributed by atoms with Crippen LogP contribution >= 0.6 is 11.8 Å². The Labute approximate surface area is 155 Å². The van der Waals surface area contributed by atoms with Crippen LogP contribution in [0.25, 0.3) is 1.43 Å². The number of carbonyl (C=O) groups excluding carboxylic acids is 2. The summed E-state index contributed by atoms with van der Waals surface area (Å²) in [5, 5.41) is 8.11. The number of phenolic OH excluding ortho intramolecular Hbond substituents is 1. The number of aromatic hydroxyl groups is 1. The predicted octanol–water partition coefficient (Wildman–Crippen LogP) is 0.0237. The Morgan fingerprint density at radius 1 is 1.48 bits per heavy atom. The van der Waals surface area contributed by atoms with Crippen LogP contribution in [0.3, 0.4) is 0 Å². The summed E-state index contributed by atoms with van der Waals surface area (Å²) in [6.07, 6.45) is 0. The van der Waals surface area contributed by atoms with Gasteiger partial charge in [-0.25, -0.2) is 4.79 Å². The van der Waals surface area contributed by atoms with Crippen LogP contribution in [0.4, 0.5) is 0 Å². The Hall–Kier alpha value is -2.26. The van der Waals surface area contributed by atoms with E-state index in [2.05, 4.69) is 10.2 Å². The minimum atomic E-state index is -1.49.